The van der Waals surface area contributed by atoms with E-state index in [0.717, 1.165) is 9.83 Å². The lowest BCUT2D eigenvalue weighted by molar-refractivity contribution is 0.595. The molecule has 7 nitrogen and oxygen atoms in total. The zero-order chi connectivity index (χ0) is 19.7. The van der Waals surface area contributed by atoms with E-state index in [1.54, 1.807) is 36.4 Å². The Bertz CT molecular complexity index is 1180. The van der Waals surface area contributed by atoms with Gasteiger partial charge >= 0.3 is 0 Å². The Morgan fingerprint density at radius 3 is 2.19 bits per heavy atom. The van der Waals surface area contributed by atoms with Gasteiger partial charge in [-0.05, 0) is 71.1 Å². The number of hydrogen-bond acceptors (Lipinski definition) is 6. The van der Waals surface area contributed by atoms with Crippen LogP contribution in [0.2, 0.25) is 0 Å². The third-order valence-corrected chi connectivity index (χ3v) is 6.65. The summed E-state index contributed by atoms with van der Waals surface area (Å²) in [5.74, 6) is 0. The van der Waals surface area contributed by atoms with Crippen molar-refractivity contribution in [3.8, 4) is 11.3 Å². The van der Waals surface area contributed by atoms with Crippen molar-refractivity contribution in [3.05, 3.63) is 64.2 Å². The van der Waals surface area contributed by atoms with Crippen LogP contribution < -0.4 is 4.72 Å². The highest BCUT2D eigenvalue weighted by Crippen LogP contribution is 2.23. The van der Waals surface area contributed by atoms with Gasteiger partial charge in [-0.25, -0.2) is 16.8 Å². The first-order chi connectivity index (χ1) is 12.6. The molecular weight excluding hydrogens is 501 g/mol. The van der Waals surface area contributed by atoms with Gasteiger partial charge in [0.05, 0.1) is 10.6 Å². The number of sulfone groups is 1. The van der Waals surface area contributed by atoms with Crippen LogP contribution in [0.15, 0.2) is 70.6 Å². The van der Waals surface area contributed by atoms with Gasteiger partial charge < -0.3 is 0 Å². The number of rotatable bonds is 5. The zero-order valence-electron chi connectivity index (χ0n) is 14.0. The second kappa shape index (κ2) is 7.52. The molecule has 0 saturated heterocycles. The van der Waals surface area contributed by atoms with E-state index in [-0.39, 0.29) is 9.92 Å². The first-order valence-electron chi connectivity index (χ1n) is 7.58. The minimum absolute atomic E-state index is 0.123. The predicted octanol–water partition coefficient (Wildman–Crippen LogP) is 2.95. The molecule has 2 aromatic carbocycles. The third kappa shape index (κ3) is 4.82. The number of sulfonamides is 1. The van der Waals surface area contributed by atoms with Crippen LogP contribution >= 0.6 is 22.6 Å². The van der Waals surface area contributed by atoms with Gasteiger partial charge in [0.2, 0.25) is 0 Å². The molecule has 1 heterocycles. The van der Waals surface area contributed by atoms with Gasteiger partial charge in [-0.1, -0.05) is 12.1 Å². The highest BCUT2D eigenvalue weighted by atomic mass is 127. The standard InChI is InChI=1S/C17H14IN3O4S2/c1-26(22,23)17-10-9-16(19-20-17)12-3-2-4-14(11-12)21-27(24,25)15-7-5-13(18)6-8-15/h2-11,21H,1H3. The number of halogens is 1. The monoisotopic (exact) mass is 515 g/mol. The predicted molar refractivity (Wildman–Crippen MR) is 111 cm³/mol. The summed E-state index contributed by atoms with van der Waals surface area (Å²) in [6.45, 7) is 0. The fraction of sp³-hybridized carbons (Fsp3) is 0.0588. The Morgan fingerprint density at radius 1 is 0.889 bits per heavy atom. The maximum absolute atomic E-state index is 12.5. The normalized spacial score (nSPS) is 11.9. The summed E-state index contributed by atoms with van der Waals surface area (Å²) >= 11 is 2.10. The van der Waals surface area contributed by atoms with Gasteiger partial charge in [0, 0.05) is 21.1 Å². The number of hydrogen-bond donors (Lipinski definition) is 1. The summed E-state index contributed by atoms with van der Waals surface area (Å²) < 4.78 is 51.4. The van der Waals surface area contributed by atoms with E-state index in [0.29, 0.717) is 16.9 Å². The average molecular weight is 515 g/mol. The van der Waals surface area contributed by atoms with E-state index in [4.69, 9.17) is 0 Å². The molecule has 0 atom stereocenters. The first kappa shape index (κ1) is 19.7. The summed E-state index contributed by atoms with van der Waals surface area (Å²) in [7, 11) is -7.16. The van der Waals surface area contributed by atoms with Crippen molar-refractivity contribution in [1.82, 2.24) is 10.2 Å². The fourth-order valence-electron chi connectivity index (χ4n) is 2.24. The van der Waals surface area contributed by atoms with E-state index in [1.807, 2.05) is 0 Å². The fourth-order valence-corrected chi connectivity index (χ4v) is 4.16. The van der Waals surface area contributed by atoms with Crippen LogP contribution in [-0.4, -0.2) is 33.3 Å². The van der Waals surface area contributed by atoms with Crippen molar-refractivity contribution in [3.63, 3.8) is 0 Å². The molecule has 0 aliphatic rings. The van der Waals surface area contributed by atoms with Crippen LogP contribution in [0.1, 0.15) is 0 Å². The van der Waals surface area contributed by atoms with Gasteiger partial charge in [0.15, 0.2) is 14.9 Å². The first-order valence-corrected chi connectivity index (χ1v) is 12.0. The molecule has 0 aliphatic carbocycles. The van der Waals surface area contributed by atoms with E-state index >= 15 is 0 Å². The molecular formula is C17H14IN3O4S2. The third-order valence-electron chi connectivity index (χ3n) is 3.55. The molecule has 0 amide bonds. The molecule has 1 N–H and O–H groups in total. The van der Waals surface area contributed by atoms with Gasteiger partial charge in [-0.15, -0.1) is 10.2 Å². The van der Waals surface area contributed by atoms with Crippen LogP contribution in [0.5, 0.6) is 0 Å². The number of benzene rings is 2. The highest BCUT2D eigenvalue weighted by molar-refractivity contribution is 14.1. The topological polar surface area (TPSA) is 106 Å². The number of anilines is 1. The maximum Gasteiger partial charge on any atom is 0.261 e. The van der Waals surface area contributed by atoms with E-state index < -0.39 is 19.9 Å². The Balaban J connectivity index is 1.88. The Morgan fingerprint density at radius 2 is 1.59 bits per heavy atom. The largest absolute Gasteiger partial charge is 0.280 e. The van der Waals surface area contributed by atoms with Crippen molar-refractivity contribution >= 4 is 48.1 Å². The molecule has 10 heteroatoms. The van der Waals surface area contributed by atoms with Crippen LogP contribution in [0, 0.1) is 3.57 Å². The van der Waals surface area contributed by atoms with E-state index in [9.17, 15) is 16.8 Å². The van der Waals surface area contributed by atoms with Crippen molar-refractivity contribution in [2.24, 2.45) is 0 Å². The molecule has 0 bridgehead atoms. The van der Waals surface area contributed by atoms with Crippen LogP contribution in [0.25, 0.3) is 11.3 Å². The molecule has 1 aromatic heterocycles. The van der Waals surface area contributed by atoms with Crippen molar-refractivity contribution in [2.45, 2.75) is 9.92 Å². The minimum atomic E-state index is -3.72. The average Bonchev–Trinajstić information content (AvgIpc) is 2.61. The van der Waals surface area contributed by atoms with Crippen molar-refractivity contribution in [1.29, 1.82) is 0 Å². The van der Waals surface area contributed by atoms with Gasteiger partial charge in [-0.3, -0.25) is 4.72 Å². The second-order valence-electron chi connectivity index (χ2n) is 5.67. The lowest BCUT2D eigenvalue weighted by Gasteiger charge is -2.09. The molecule has 0 spiro atoms. The molecule has 0 fully saturated rings. The minimum Gasteiger partial charge on any atom is -0.280 e. The number of aromatic nitrogens is 2. The highest BCUT2D eigenvalue weighted by Gasteiger charge is 2.15. The van der Waals surface area contributed by atoms with Crippen LogP contribution in [0.4, 0.5) is 5.69 Å². The molecule has 3 aromatic rings. The summed E-state index contributed by atoms with van der Waals surface area (Å²) in [6.07, 6.45) is 1.05. The molecule has 0 unspecified atom stereocenters. The summed E-state index contributed by atoms with van der Waals surface area (Å²) in [4.78, 5) is 0.158. The lowest BCUT2D eigenvalue weighted by Crippen LogP contribution is -2.12. The maximum atomic E-state index is 12.5. The van der Waals surface area contributed by atoms with E-state index in [1.165, 1.54) is 24.3 Å². The Hall–Kier alpha value is -2.05. The molecule has 3 rings (SSSR count). The summed E-state index contributed by atoms with van der Waals surface area (Å²) in [5.41, 5.74) is 1.39. The van der Waals surface area contributed by atoms with Crippen LogP contribution in [-0.2, 0) is 19.9 Å². The smallest absolute Gasteiger partial charge is 0.261 e. The Labute approximate surface area is 171 Å². The molecule has 0 saturated carbocycles. The van der Waals surface area contributed by atoms with Gasteiger partial charge in [0.1, 0.15) is 0 Å². The molecule has 0 radical (unpaired) electrons. The lowest BCUT2D eigenvalue weighted by atomic mass is 10.1. The number of nitrogens with zero attached hydrogens (tertiary/aromatic N) is 2. The quantitative estimate of drug-likeness (QED) is 0.524. The molecule has 140 valence electrons. The molecule has 0 aliphatic heterocycles. The van der Waals surface area contributed by atoms with Crippen LogP contribution in [0.3, 0.4) is 0 Å². The zero-order valence-corrected chi connectivity index (χ0v) is 17.8. The summed E-state index contributed by atoms with van der Waals surface area (Å²) in [6, 6.07) is 16.0. The van der Waals surface area contributed by atoms with Crippen molar-refractivity contribution < 1.29 is 16.8 Å². The van der Waals surface area contributed by atoms with Gasteiger partial charge in [0.25, 0.3) is 10.0 Å². The summed E-state index contributed by atoms with van der Waals surface area (Å²) in [5, 5.41) is 7.50. The molecule has 27 heavy (non-hydrogen) atoms. The van der Waals surface area contributed by atoms with E-state index in [2.05, 4.69) is 37.5 Å². The Kier molecular flexibility index (Phi) is 5.49. The number of nitrogens with one attached hydrogen (secondary N) is 1. The SMILES string of the molecule is CS(=O)(=O)c1ccc(-c2cccc(NS(=O)(=O)c3ccc(I)cc3)c2)nn1. The second-order valence-corrected chi connectivity index (χ2v) is 10.6. The van der Waals surface area contributed by atoms with Gasteiger partial charge in [-0.2, -0.15) is 0 Å². The van der Waals surface area contributed by atoms with Crippen molar-refractivity contribution in [2.75, 3.05) is 11.0 Å².